The molecule has 6 N–H and O–H groups in total. The third-order valence-corrected chi connectivity index (χ3v) is 5.39. The largest absolute Gasteiger partial charge is 0.366 e. The maximum absolute atomic E-state index is 12.1. The lowest BCUT2D eigenvalue weighted by molar-refractivity contribution is -0.117. The zero-order valence-corrected chi connectivity index (χ0v) is 14.6. The second-order valence-corrected chi connectivity index (χ2v) is 7.48. The van der Waals surface area contributed by atoms with E-state index in [9.17, 15) is 18.0 Å². The molecule has 1 aliphatic heterocycles. The number of nitrogens with one attached hydrogen (secondary N) is 4. The number of benzene rings is 2. The van der Waals surface area contributed by atoms with E-state index in [-0.39, 0.29) is 10.8 Å². The van der Waals surface area contributed by atoms with Gasteiger partial charge in [0.2, 0.25) is 21.8 Å². The van der Waals surface area contributed by atoms with Crippen LogP contribution in [0, 0.1) is 0 Å². The van der Waals surface area contributed by atoms with Gasteiger partial charge in [0.15, 0.2) is 0 Å². The molecule has 0 fully saturated rings. The maximum Gasteiger partial charge on any atom is 0.248 e. The van der Waals surface area contributed by atoms with Crippen molar-refractivity contribution < 1.29 is 18.0 Å². The summed E-state index contributed by atoms with van der Waals surface area (Å²) in [7, 11) is -2.18. The first kappa shape index (κ1) is 17.9. The van der Waals surface area contributed by atoms with Crippen LogP contribution in [0.15, 0.2) is 47.4 Å². The molecule has 136 valence electrons. The number of anilines is 2. The normalized spacial score (nSPS) is 16.0. The summed E-state index contributed by atoms with van der Waals surface area (Å²) in [4.78, 5) is 23.6. The van der Waals surface area contributed by atoms with Crippen molar-refractivity contribution in [1.82, 2.24) is 10.1 Å². The molecular weight excluding hydrogens is 358 g/mol. The molecule has 2 aromatic rings. The number of hydrogen-bond donors (Lipinski definition) is 5. The molecule has 0 radical (unpaired) electrons. The summed E-state index contributed by atoms with van der Waals surface area (Å²) >= 11 is 0. The van der Waals surface area contributed by atoms with Gasteiger partial charge in [0, 0.05) is 22.5 Å². The molecular formula is C16H17N5O4S. The average molecular weight is 375 g/mol. The lowest BCUT2D eigenvalue weighted by Gasteiger charge is -2.14. The Kier molecular flexibility index (Phi) is 4.64. The molecule has 0 saturated carbocycles. The van der Waals surface area contributed by atoms with Crippen LogP contribution >= 0.6 is 0 Å². The second kappa shape index (κ2) is 6.75. The molecule has 1 atom stereocenters. The molecule has 1 unspecified atom stereocenters. The third kappa shape index (κ3) is 3.38. The number of carbonyl (C=O) groups excluding carboxylic acids is 2. The first-order valence-electron chi connectivity index (χ1n) is 7.61. The van der Waals surface area contributed by atoms with Gasteiger partial charge in [-0.05, 0) is 49.5 Å². The zero-order valence-electron chi connectivity index (χ0n) is 13.7. The van der Waals surface area contributed by atoms with E-state index in [0.29, 0.717) is 22.5 Å². The lowest BCUT2D eigenvalue weighted by atomic mass is 10.0. The van der Waals surface area contributed by atoms with E-state index >= 15 is 0 Å². The standard InChI is InChI=1S/C16H17N5O4S/c1-18-26(24,25)11-5-3-10(4-6-11)20-21-14-12-8-9(15(17)22)2-7-13(12)19-16(14)23/h2-8,14,18,20-21H,1H3,(H2,17,22)(H,19,23). The van der Waals surface area contributed by atoms with Gasteiger partial charge in [-0.1, -0.05) is 0 Å². The van der Waals surface area contributed by atoms with Crippen molar-refractivity contribution in [1.29, 1.82) is 0 Å². The fourth-order valence-corrected chi connectivity index (χ4v) is 3.28. The number of rotatable bonds is 6. The van der Waals surface area contributed by atoms with Crippen LogP contribution in [0.2, 0.25) is 0 Å². The summed E-state index contributed by atoms with van der Waals surface area (Å²) in [6.45, 7) is 0. The predicted octanol–water partition coefficient (Wildman–Crippen LogP) is 0.303. The minimum absolute atomic E-state index is 0.126. The molecule has 1 aliphatic rings. The number of primary amides is 1. The highest BCUT2D eigenvalue weighted by Crippen LogP contribution is 2.31. The van der Waals surface area contributed by atoms with Crippen LogP contribution < -0.4 is 26.6 Å². The minimum atomic E-state index is -3.51. The number of nitrogens with two attached hydrogens (primary N) is 1. The van der Waals surface area contributed by atoms with Crippen LogP contribution in [0.1, 0.15) is 22.0 Å². The van der Waals surface area contributed by atoms with Crippen molar-refractivity contribution in [3.8, 4) is 0 Å². The fourth-order valence-electron chi connectivity index (χ4n) is 2.55. The van der Waals surface area contributed by atoms with E-state index < -0.39 is 22.0 Å². The van der Waals surface area contributed by atoms with Crippen LogP contribution in [0.5, 0.6) is 0 Å². The number of amides is 2. The van der Waals surface area contributed by atoms with Crippen LogP contribution in [0.25, 0.3) is 0 Å². The molecule has 0 bridgehead atoms. The summed E-state index contributed by atoms with van der Waals surface area (Å²) in [5, 5.41) is 2.71. The van der Waals surface area contributed by atoms with Gasteiger partial charge in [-0.2, -0.15) is 0 Å². The Morgan fingerprint density at radius 2 is 1.85 bits per heavy atom. The number of hydrogen-bond acceptors (Lipinski definition) is 6. The molecule has 26 heavy (non-hydrogen) atoms. The minimum Gasteiger partial charge on any atom is -0.366 e. The van der Waals surface area contributed by atoms with E-state index in [1.807, 2.05) is 0 Å². The summed E-state index contributed by atoms with van der Waals surface area (Å²) in [6, 6.07) is 9.97. The SMILES string of the molecule is CNS(=O)(=O)c1ccc(NNC2C(=O)Nc3ccc(C(N)=O)cc32)cc1. The van der Waals surface area contributed by atoms with Crippen molar-refractivity contribution in [2.24, 2.45) is 5.73 Å². The van der Waals surface area contributed by atoms with Gasteiger partial charge in [0.25, 0.3) is 0 Å². The Balaban J connectivity index is 1.76. The Morgan fingerprint density at radius 3 is 2.46 bits per heavy atom. The average Bonchev–Trinajstić information content (AvgIpc) is 2.94. The highest BCUT2D eigenvalue weighted by atomic mass is 32.2. The summed E-state index contributed by atoms with van der Waals surface area (Å²) < 4.78 is 25.6. The van der Waals surface area contributed by atoms with Gasteiger partial charge < -0.3 is 16.5 Å². The van der Waals surface area contributed by atoms with Gasteiger partial charge in [0.1, 0.15) is 6.04 Å². The summed E-state index contributed by atoms with van der Waals surface area (Å²) in [5.41, 5.74) is 13.0. The first-order valence-corrected chi connectivity index (χ1v) is 9.10. The number of fused-ring (bicyclic) bond motifs is 1. The maximum atomic E-state index is 12.1. The molecule has 0 aromatic heterocycles. The molecule has 0 spiro atoms. The van der Waals surface area contributed by atoms with Crippen LogP contribution in [0.3, 0.4) is 0 Å². The van der Waals surface area contributed by atoms with E-state index in [0.717, 1.165) is 0 Å². The van der Waals surface area contributed by atoms with Gasteiger partial charge in [-0.25, -0.2) is 18.6 Å². The Hall–Kier alpha value is -2.95. The predicted molar refractivity (Wildman–Crippen MR) is 95.8 cm³/mol. The molecule has 9 nitrogen and oxygen atoms in total. The van der Waals surface area contributed by atoms with E-state index in [1.165, 1.54) is 25.2 Å². The van der Waals surface area contributed by atoms with Gasteiger partial charge >= 0.3 is 0 Å². The molecule has 3 rings (SSSR count). The van der Waals surface area contributed by atoms with Crippen molar-refractivity contribution in [3.05, 3.63) is 53.6 Å². The number of hydrazine groups is 1. The van der Waals surface area contributed by atoms with Crippen LogP contribution in [-0.2, 0) is 14.8 Å². The molecule has 10 heteroatoms. The third-order valence-electron chi connectivity index (χ3n) is 3.96. The topological polar surface area (TPSA) is 142 Å². The molecule has 0 saturated heterocycles. The van der Waals surface area contributed by atoms with Crippen molar-refractivity contribution in [3.63, 3.8) is 0 Å². The van der Waals surface area contributed by atoms with Gasteiger partial charge in [-0.15, -0.1) is 0 Å². The Bertz CT molecular complexity index is 973. The van der Waals surface area contributed by atoms with Crippen LogP contribution in [0.4, 0.5) is 11.4 Å². The fraction of sp³-hybridized carbons (Fsp3) is 0.125. The lowest BCUT2D eigenvalue weighted by Crippen LogP contribution is -2.32. The highest BCUT2D eigenvalue weighted by molar-refractivity contribution is 7.89. The molecule has 0 aliphatic carbocycles. The van der Waals surface area contributed by atoms with E-state index in [2.05, 4.69) is 20.9 Å². The quantitative estimate of drug-likeness (QED) is 0.460. The molecule has 1 heterocycles. The summed E-state index contributed by atoms with van der Waals surface area (Å²) in [6.07, 6.45) is 0. The second-order valence-electron chi connectivity index (χ2n) is 5.59. The highest BCUT2D eigenvalue weighted by Gasteiger charge is 2.31. The van der Waals surface area contributed by atoms with Crippen molar-refractivity contribution in [2.75, 3.05) is 17.8 Å². The van der Waals surface area contributed by atoms with Gasteiger partial charge in [0.05, 0.1) is 4.90 Å². The van der Waals surface area contributed by atoms with Crippen molar-refractivity contribution in [2.45, 2.75) is 10.9 Å². The van der Waals surface area contributed by atoms with Gasteiger partial charge in [-0.3, -0.25) is 9.59 Å². The van der Waals surface area contributed by atoms with Crippen molar-refractivity contribution >= 4 is 33.2 Å². The Morgan fingerprint density at radius 1 is 1.15 bits per heavy atom. The summed E-state index contributed by atoms with van der Waals surface area (Å²) in [5.74, 6) is -0.872. The monoisotopic (exact) mass is 375 g/mol. The first-order chi connectivity index (χ1) is 12.3. The number of carbonyl (C=O) groups is 2. The van der Waals surface area contributed by atoms with E-state index in [1.54, 1.807) is 24.3 Å². The van der Waals surface area contributed by atoms with Crippen LogP contribution in [-0.4, -0.2) is 27.3 Å². The van der Waals surface area contributed by atoms with E-state index in [4.69, 9.17) is 5.73 Å². The number of sulfonamides is 1. The zero-order chi connectivity index (χ0) is 18.9. The Labute approximate surface area is 150 Å². The molecule has 2 amide bonds. The smallest absolute Gasteiger partial charge is 0.248 e. The molecule has 2 aromatic carbocycles.